The molecule has 2 aromatic carbocycles. The fraction of sp³-hybridized carbons (Fsp3) is 0.167. The molecular weight excluding hydrogens is 426 g/mol. The number of amides is 2. The molecule has 0 aliphatic heterocycles. The number of nitrogens with one attached hydrogen (secondary N) is 2. The third-order valence-corrected chi connectivity index (χ3v) is 5.38. The Bertz CT molecular complexity index is 1090. The zero-order valence-corrected chi connectivity index (χ0v) is 18.3. The maximum absolute atomic E-state index is 13.0. The van der Waals surface area contributed by atoms with Crippen molar-refractivity contribution in [3.63, 3.8) is 0 Å². The van der Waals surface area contributed by atoms with E-state index < -0.39 is 17.9 Å². The lowest BCUT2D eigenvalue weighted by Gasteiger charge is -2.17. The van der Waals surface area contributed by atoms with Gasteiger partial charge in [0, 0.05) is 17.3 Å². The van der Waals surface area contributed by atoms with E-state index in [9.17, 15) is 19.5 Å². The SMILES string of the molecule is CSCCC(NC(=O)c1ccc(C(=O)Nc2ccccn2)cc1-c1ccccc1)C(=O)O. The first-order chi connectivity index (χ1) is 15.5. The van der Waals surface area contributed by atoms with Crippen LogP contribution in [0.2, 0.25) is 0 Å². The second-order valence-electron chi connectivity index (χ2n) is 6.94. The predicted octanol–water partition coefficient (Wildman–Crippen LogP) is 3.94. The fourth-order valence-corrected chi connectivity index (χ4v) is 3.57. The summed E-state index contributed by atoms with van der Waals surface area (Å²) in [6.45, 7) is 0. The van der Waals surface area contributed by atoms with Crippen LogP contribution in [0.3, 0.4) is 0 Å². The van der Waals surface area contributed by atoms with Crippen molar-refractivity contribution in [1.29, 1.82) is 0 Å². The van der Waals surface area contributed by atoms with E-state index in [-0.39, 0.29) is 5.91 Å². The van der Waals surface area contributed by atoms with E-state index >= 15 is 0 Å². The van der Waals surface area contributed by atoms with E-state index in [0.29, 0.717) is 34.7 Å². The predicted molar refractivity (Wildman–Crippen MR) is 126 cm³/mol. The molecule has 0 aliphatic carbocycles. The van der Waals surface area contributed by atoms with Crippen molar-refractivity contribution in [3.8, 4) is 11.1 Å². The standard InChI is InChI=1S/C24H23N3O4S/c1-32-14-12-20(24(30)31)26-23(29)18-11-10-17(15-19(18)16-7-3-2-4-8-16)22(28)27-21-9-5-6-13-25-21/h2-11,13,15,20H,12,14H2,1H3,(H,26,29)(H,30,31)(H,25,27,28). The molecule has 2 amide bonds. The Morgan fingerprint density at radius 3 is 2.41 bits per heavy atom. The maximum atomic E-state index is 13.0. The molecule has 3 N–H and O–H groups in total. The van der Waals surface area contributed by atoms with Gasteiger partial charge in [-0.1, -0.05) is 36.4 Å². The smallest absolute Gasteiger partial charge is 0.326 e. The molecule has 0 bridgehead atoms. The van der Waals surface area contributed by atoms with Gasteiger partial charge in [-0.15, -0.1) is 0 Å². The van der Waals surface area contributed by atoms with Crippen LogP contribution in [0.4, 0.5) is 5.82 Å². The third-order valence-electron chi connectivity index (χ3n) is 4.73. The van der Waals surface area contributed by atoms with E-state index in [0.717, 1.165) is 5.56 Å². The first-order valence-corrected chi connectivity index (χ1v) is 11.3. The molecule has 0 aliphatic rings. The molecule has 3 aromatic rings. The third kappa shape index (κ3) is 5.95. The summed E-state index contributed by atoms with van der Waals surface area (Å²) in [5.74, 6) is -0.931. The van der Waals surface area contributed by atoms with Gasteiger partial charge in [0.2, 0.25) is 0 Å². The van der Waals surface area contributed by atoms with E-state index in [1.807, 2.05) is 36.6 Å². The van der Waals surface area contributed by atoms with Crippen LogP contribution in [0.1, 0.15) is 27.1 Å². The van der Waals surface area contributed by atoms with Gasteiger partial charge < -0.3 is 15.7 Å². The van der Waals surface area contributed by atoms with Gasteiger partial charge in [-0.3, -0.25) is 9.59 Å². The highest BCUT2D eigenvalue weighted by Gasteiger charge is 2.23. The number of aliphatic carboxylic acids is 1. The second kappa shape index (κ2) is 11.1. The summed E-state index contributed by atoms with van der Waals surface area (Å²) in [6, 6.07) is 18.1. The molecule has 7 nitrogen and oxygen atoms in total. The minimum atomic E-state index is -1.08. The quantitative estimate of drug-likeness (QED) is 0.457. The average Bonchev–Trinajstić information content (AvgIpc) is 2.82. The second-order valence-corrected chi connectivity index (χ2v) is 7.93. The van der Waals surface area contributed by atoms with Gasteiger partial charge in [0.1, 0.15) is 11.9 Å². The van der Waals surface area contributed by atoms with Crippen LogP contribution >= 0.6 is 11.8 Å². The van der Waals surface area contributed by atoms with Crippen LogP contribution in [0.15, 0.2) is 72.9 Å². The van der Waals surface area contributed by atoms with Crippen LogP contribution < -0.4 is 10.6 Å². The number of carboxylic acid groups (broad SMARTS) is 1. The molecule has 0 spiro atoms. The molecule has 0 saturated heterocycles. The monoisotopic (exact) mass is 449 g/mol. The molecule has 1 aromatic heterocycles. The highest BCUT2D eigenvalue weighted by atomic mass is 32.2. The molecule has 0 saturated carbocycles. The van der Waals surface area contributed by atoms with Gasteiger partial charge in [0.15, 0.2) is 0 Å². The maximum Gasteiger partial charge on any atom is 0.326 e. The van der Waals surface area contributed by atoms with E-state index in [1.165, 1.54) is 17.8 Å². The summed E-state index contributed by atoms with van der Waals surface area (Å²) in [5.41, 5.74) is 1.91. The summed E-state index contributed by atoms with van der Waals surface area (Å²) < 4.78 is 0. The van der Waals surface area contributed by atoms with Crippen molar-refractivity contribution in [1.82, 2.24) is 10.3 Å². The highest BCUT2D eigenvalue weighted by Crippen LogP contribution is 2.26. The van der Waals surface area contributed by atoms with Gasteiger partial charge in [-0.2, -0.15) is 11.8 Å². The summed E-state index contributed by atoms with van der Waals surface area (Å²) in [5, 5.41) is 14.8. The number of rotatable bonds is 9. The van der Waals surface area contributed by atoms with Gasteiger partial charge >= 0.3 is 5.97 Å². The first kappa shape index (κ1) is 23.0. The van der Waals surface area contributed by atoms with Gasteiger partial charge in [0.25, 0.3) is 11.8 Å². The molecule has 3 rings (SSSR count). The van der Waals surface area contributed by atoms with Crippen molar-refractivity contribution >= 4 is 35.4 Å². The lowest BCUT2D eigenvalue weighted by Crippen LogP contribution is -2.41. The van der Waals surface area contributed by atoms with Crippen LogP contribution in [-0.4, -0.2) is 45.9 Å². The number of carbonyl (C=O) groups excluding carboxylic acids is 2. The topological polar surface area (TPSA) is 108 Å². The number of carbonyl (C=O) groups is 3. The number of thioether (sulfide) groups is 1. The number of aromatic nitrogens is 1. The molecule has 1 unspecified atom stereocenters. The molecule has 32 heavy (non-hydrogen) atoms. The van der Waals surface area contributed by atoms with E-state index in [2.05, 4.69) is 15.6 Å². The highest BCUT2D eigenvalue weighted by molar-refractivity contribution is 7.98. The zero-order valence-electron chi connectivity index (χ0n) is 17.4. The zero-order chi connectivity index (χ0) is 22.9. The first-order valence-electron chi connectivity index (χ1n) is 9.94. The normalized spacial score (nSPS) is 11.4. The molecule has 0 fully saturated rings. The van der Waals surface area contributed by atoms with E-state index in [1.54, 1.807) is 36.5 Å². The Morgan fingerprint density at radius 1 is 1.00 bits per heavy atom. The average molecular weight is 450 g/mol. The Morgan fingerprint density at radius 2 is 1.75 bits per heavy atom. The number of anilines is 1. The van der Waals surface area contributed by atoms with Crippen LogP contribution in [0.5, 0.6) is 0 Å². The summed E-state index contributed by atoms with van der Waals surface area (Å²) in [6.07, 6.45) is 3.77. The lowest BCUT2D eigenvalue weighted by atomic mass is 9.96. The number of carboxylic acids is 1. The Kier molecular flexibility index (Phi) is 7.99. The van der Waals surface area contributed by atoms with E-state index in [4.69, 9.17) is 0 Å². The van der Waals surface area contributed by atoms with Crippen molar-refractivity contribution < 1.29 is 19.5 Å². The Balaban J connectivity index is 1.93. The molecule has 1 atom stereocenters. The molecule has 164 valence electrons. The minimum Gasteiger partial charge on any atom is -0.480 e. The van der Waals surface area contributed by atoms with Crippen LogP contribution in [-0.2, 0) is 4.79 Å². The number of nitrogens with zero attached hydrogens (tertiary/aromatic N) is 1. The Hall–Kier alpha value is -3.65. The summed E-state index contributed by atoms with van der Waals surface area (Å²) in [4.78, 5) is 41.4. The van der Waals surface area contributed by atoms with Crippen molar-refractivity contribution in [2.75, 3.05) is 17.3 Å². The lowest BCUT2D eigenvalue weighted by molar-refractivity contribution is -0.139. The molecule has 0 radical (unpaired) electrons. The Labute approximate surface area is 190 Å². The molecule has 1 heterocycles. The van der Waals surface area contributed by atoms with Gasteiger partial charge in [-0.25, -0.2) is 9.78 Å². The number of benzene rings is 2. The van der Waals surface area contributed by atoms with Crippen molar-refractivity contribution in [2.45, 2.75) is 12.5 Å². The summed E-state index contributed by atoms with van der Waals surface area (Å²) in [7, 11) is 0. The number of hydrogen-bond donors (Lipinski definition) is 3. The molecule has 8 heteroatoms. The van der Waals surface area contributed by atoms with Crippen LogP contribution in [0, 0.1) is 0 Å². The number of pyridine rings is 1. The largest absolute Gasteiger partial charge is 0.480 e. The number of hydrogen-bond acceptors (Lipinski definition) is 5. The molecular formula is C24H23N3O4S. The van der Waals surface area contributed by atoms with Crippen LogP contribution in [0.25, 0.3) is 11.1 Å². The van der Waals surface area contributed by atoms with Gasteiger partial charge in [0.05, 0.1) is 0 Å². The van der Waals surface area contributed by atoms with Crippen molar-refractivity contribution in [2.24, 2.45) is 0 Å². The summed E-state index contributed by atoms with van der Waals surface area (Å²) >= 11 is 1.51. The van der Waals surface area contributed by atoms with Crippen molar-refractivity contribution in [3.05, 3.63) is 84.1 Å². The van der Waals surface area contributed by atoms with Gasteiger partial charge in [-0.05, 0) is 59.9 Å². The fourth-order valence-electron chi connectivity index (χ4n) is 3.09. The minimum absolute atomic E-state index is 0.293.